The van der Waals surface area contributed by atoms with Crippen molar-refractivity contribution in [2.24, 2.45) is 5.92 Å². The van der Waals surface area contributed by atoms with E-state index >= 15 is 0 Å². The van der Waals surface area contributed by atoms with E-state index in [2.05, 4.69) is 10.9 Å². The number of hydrazine groups is 1. The molecule has 4 rings (SSSR count). The molecule has 2 heterocycles. The fraction of sp³-hybridized carbons (Fsp3) is 0.261. The number of para-hydroxylation sites is 1. The summed E-state index contributed by atoms with van der Waals surface area (Å²) >= 11 is 0. The quantitative estimate of drug-likeness (QED) is 0.594. The molecule has 1 aromatic heterocycles. The van der Waals surface area contributed by atoms with Crippen molar-refractivity contribution < 1.29 is 28.3 Å². The molecule has 9 heteroatoms. The highest BCUT2D eigenvalue weighted by Gasteiger charge is 2.35. The Labute approximate surface area is 184 Å². The number of amides is 3. The summed E-state index contributed by atoms with van der Waals surface area (Å²) in [5, 5.41) is 0.830. The Morgan fingerprint density at radius 1 is 1.06 bits per heavy atom. The highest BCUT2D eigenvalue weighted by molar-refractivity contribution is 6.02. The van der Waals surface area contributed by atoms with Gasteiger partial charge in [-0.3, -0.25) is 25.2 Å². The SMILES string of the molecule is COc1ccc(N2CC(C(=O)NNC(=O)c3oc4ccccc4c3C)CC2=O)cc1OC. The average molecular weight is 437 g/mol. The summed E-state index contributed by atoms with van der Waals surface area (Å²) in [4.78, 5) is 39.1. The third-order valence-corrected chi connectivity index (χ3v) is 5.52. The minimum absolute atomic E-state index is 0.0275. The fourth-order valence-corrected chi connectivity index (χ4v) is 3.79. The lowest BCUT2D eigenvalue weighted by Crippen LogP contribution is -2.45. The van der Waals surface area contributed by atoms with Gasteiger partial charge in [0, 0.05) is 35.7 Å². The van der Waals surface area contributed by atoms with Crippen LogP contribution in [0.4, 0.5) is 5.69 Å². The van der Waals surface area contributed by atoms with Crippen molar-refractivity contribution in [2.45, 2.75) is 13.3 Å². The number of nitrogens with zero attached hydrogens (tertiary/aromatic N) is 1. The lowest BCUT2D eigenvalue weighted by molar-refractivity contribution is -0.126. The first kappa shape index (κ1) is 21.2. The summed E-state index contributed by atoms with van der Waals surface area (Å²) < 4.78 is 16.1. The Bertz CT molecular complexity index is 1200. The number of ether oxygens (including phenoxy) is 2. The van der Waals surface area contributed by atoms with E-state index in [9.17, 15) is 14.4 Å². The third kappa shape index (κ3) is 3.84. The van der Waals surface area contributed by atoms with Gasteiger partial charge in [-0.2, -0.15) is 0 Å². The molecular weight excluding hydrogens is 414 g/mol. The molecule has 0 spiro atoms. The van der Waals surface area contributed by atoms with Crippen LogP contribution in [0.1, 0.15) is 22.5 Å². The summed E-state index contributed by atoms with van der Waals surface area (Å²) in [5.41, 5.74) is 6.66. The van der Waals surface area contributed by atoms with E-state index in [0.29, 0.717) is 28.3 Å². The minimum atomic E-state index is -0.618. The molecule has 1 aliphatic rings. The molecule has 0 aliphatic carbocycles. The van der Waals surface area contributed by atoms with Crippen LogP contribution in [0.2, 0.25) is 0 Å². The van der Waals surface area contributed by atoms with E-state index in [0.717, 1.165) is 5.39 Å². The van der Waals surface area contributed by atoms with Gasteiger partial charge in [0.2, 0.25) is 11.8 Å². The maximum absolute atomic E-state index is 12.6. The normalized spacial score (nSPS) is 15.7. The van der Waals surface area contributed by atoms with E-state index in [-0.39, 0.29) is 24.6 Å². The summed E-state index contributed by atoms with van der Waals surface area (Å²) in [5.74, 6) is -0.679. The Hall–Kier alpha value is -4.01. The van der Waals surface area contributed by atoms with Crippen molar-refractivity contribution >= 4 is 34.4 Å². The molecule has 1 saturated heterocycles. The highest BCUT2D eigenvalue weighted by Crippen LogP contribution is 2.34. The Kier molecular flexibility index (Phi) is 5.72. The van der Waals surface area contributed by atoms with Gasteiger partial charge in [-0.15, -0.1) is 0 Å². The Morgan fingerprint density at radius 3 is 2.53 bits per heavy atom. The van der Waals surface area contributed by atoms with Gasteiger partial charge in [-0.05, 0) is 25.1 Å². The molecule has 3 aromatic rings. The lowest BCUT2D eigenvalue weighted by Gasteiger charge is -2.18. The summed E-state index contributed by atoms with van der Waals surface area (Å²) in [7, 11) is 3.04. The van der Waals surface area contributed by atoms with Crippen LogP contribution in [0.25, 0.3) is 11.0 Å². The monoisotopic (exact) mass is 437 g/mol. The van der Waals surface area contributed by atoms with E-state index < -0.39 is 17.7 Å². The maximum atomic E-state index is 12.6. The number of hydrogen-bond acceptors (Lipinski definition) is 6. The van der Waals surface area contributed by atoms with Gasteiger partial charge in [-0.1, -0.05) is 18.2 Å². The molecule has 166 valence electrons. The number of hydrogen-bond donors (Lipinski definition) is 2. The fourth-order valence-electron chi connectivity index (χ4n) is 3.79. The molecule has 0 saturated carbocycles. The molecule has 1 unspecified atom stereocenters. The zero-order valence-corrected chi connectivity index (χ0v) is 17.9. The maximum Gasteiger partial charge on any atom is 0.305 e. The van der Waals surface area contributed by atoms with E-state index in [4.69, 9.17) is 13.9 Å². The Morgan fingerprint density at radius 2 is 1.81 bits per heavy atom. The number of rotatable bonds is 5. The topological polar surface area (TPSA) is 110 Å². The van der Waals surface area contributed by atoms with Gasteiger partial charge in [-0.25, -0.2) is 0 Å². The predicted octanol–water partition coefficient (Wildman–Crippen LogP) is 2.57. The van der Waals surface area contributed by atoms with Crippen LogP contribution in [-0.4, -0.2) is 38.5 Å². The standard InChI is InChI=1S/C23H23N3O6/c1-13-16-6-4-5-7-17(16)32-21(13)23(29)25-24-22(28)14-10-20(27)26(12-14)15-8-9-18(30-2)19(11-15)31-3/h4-9,11,14H,10,12H2,1-3H3,(H,24,28)(H,25,29). The Balaban J connectivity index is 1.40. The highest BCUT2D eigenvalue weighted by atomic mass is 16.5. The van der Waals surface area contributed by atoms with E-state index in [1.54, 1.807) is 31.2 Å². The molecule has 2 N–H and O–H groups in total. The van der Waals surface area contributed by atoms with Crippen LogP contribution in [0.5, 0.6) is 11.5 Å². The van der Waals surface area contributed by atoms with Gasteiger partial charge in [0.15, 0.2) is 17.3 Å². The zero-order chi connectivity index (χ0) is 22.8. The van der Waals surface area contributed by atoms with Gasteiger partial charge in [0.25, 0.3) is 0 Å². The van der Waals surface area contributed by atoms with Crippen molar-refractivity contribution in [3.8, 4) is 11.5 Å². The van der Waals surface area contributed by atoms with Crippen LogP contribution >= 0.6 is 0 Å². The minimum Gasteiger partial charge on any atom is -0.493 e. The number of nitrogens with one attached hydrogen (secondary N) is 2. The molecule has 32 heavy (non-hydrogen) atoms. The second kappa shape index (κ2) is 8.62. The number of methoxy groups -OCH3 is 2. The van der Waals surface area contributed by atoms with Crippen LogP contribution in [-0.2, 0) is 9.59 Å². The van der Waals surface area contributed by atoms with E-state index in [1.807, 2.05) is 18.2 Å². The molecule has 1 atom stereocenters. The molecule has 3 amide bonds. The van der Waals surface area contributed by atoms with Gasteiger partial charge in [0.1, 0.15) is 5.58 Å². The number of aryl methyl sites for hydroxylation is 1. The first-order valence-electron chi connectivity index (χ1n) is 10.0. The lowest BCUT2D eigenvalue weighted by atomic mass is 10.1. The molecule has 2 aromatic carbocycles. The van der Waals surface area contributed by atoms with E-state index in [1.165, 1.54) is 19.1 Å². The number of furan rings is 1. The van der Waals surface area contributed by atoms with Gasteiger partial charge < -0.3 is 18.8 Å². The third-order valence-electron chi connectivity index (χ3n) is 5.52. The predicted molar refractivity (Wildman–Crippen MR) is 117 cm³/mol. The number of anilines is 1. The van der Waals surface area contributed by atoms with Gasteiger partial charge in [0.05, 0.1) is 20.1 Å². The summed E-state index contributed by atoms with van der Waals surface area (Å²) in [6.07, 6.45) is 0.0275. The van der Waals surface area contributed by atoms with Crippen molar-refractivity contribution in [1.29, 1.82) is 0 Å². The molecule has 1 fully saturated rings. The summed E-state index contributed by atoms with van der Waals surface area (Å²) in [6.45, 7) is 1.96. The largest absolute Gasteiger partial charge is 0.493 e. The smallest absolute Gasteiger partial charge is 0.305 e. The van der Waals surface area contributed by atoms with Crippen LogP contribution in [0, 0.1) is 12.8 Å². The molecular formula is C23H23N3O6. The van der Waals surface area contributed by atoms with Crippen molar-refractivity contribution in [3.63, 3.8) is 0 Å². The van der Waals surface area contributed by atoms with Crippen LogP contribution in [0.3, 0.4) is 0 Å². The van der Waals surface area contributed by atoms with Gasteiger partial charge >= 0.3 is 5.91 Å². The van der Waals surface area contributed by atoms with Crippen molar-refractivity contribution in [2.75, 3.05) is 25.7 Å². The number of fused-ring (bicyclic) bond motifs is 1. The molecule has 1 aliphatic heterocycles. The summed E-state index contributed by atoms with van der Waals surface area (Å²) in [6, 6.07) is 12.4. The molecule has 0 bridgehead atoms. The second-order valence-corrected chi connectivity index (χ2v) is 7.44. The number of benzene rings is 2. The van der Waals surface area contributed by atoms with Crippen molar-refractivity contribution in [3.05, 3.63) is 53.8 Å². The average Bonchev–Trinajstić information content (AvgIpc) is 3.37. The van der Waals surface area contributed by atoms with Crippen LogP contribution < -0.4 is 25.2 Å². The number of carbonyl (C=O) groups is 3. The first-order valence-corrected chi connectivity index (χ1v) is 10.0. The van der Waals surface area contributed by atoms with Crippen LogP contribution in [0.15, 0.2) is 46.9 Å². The second-order valence-electron chi connectivity index (χ2n) is 7.44. The first-order chi connectivity index (χ1) is 15.4. The molecule has 9 nitrogen and oxygen atoms in total. The van der Waals surface area contributed by atoms with Crippen molar-refractivity contribution in [1.82, 2.24) is 10.9 Å². The molecule has 0 radical (unpaired) electrons. The zero-order valence-electron chi connectivity index (χ0n) is 17.9. The number of carbonyl (C=O) groups excluding carboxylic acids is 3.